The van der Waals surface area contributed by atoms with Crippen molar-refractivity contribution >= 4 is 33.2 Å². The standard InChI is InChI=1S/C34H32N2O5S/c37-33(38)28(13-7-10-24-8-3-1-4-9-24)22-25-14-17-29(18-15-25)41-21-20-36-30-19-16-27(23-31(30)42-34(36)39)32(35-40)26-11-5-2-6-12-26/h1-6,8-9,11-12,14-19,23,28,40H,7,10,13,20-22H2,(H,37,38). The molecule has 214 valence electrons. The van der Waals surface area contributed by atoms with Gasteiger partial charge in [-0.15, -0.1) is 0 Å². The molecule has 2 N–H and O–H groups in total. The maximum absolute atomic E-state index is 12.8. The SMILES string of the molecule is O=C(O)C(CCCc1ccccc1)Cc1ccc(OCCn2c(=O)sc3cc(C(=NO)c4ccccc4)ccc32)cc1. The number of thiazole rings is 1. The number of hydrogen-bond donors (Lipinski definition) is 2. The number of carbonyl (C=O) groups is 1. The third-order valence-electron chi connectivity index (χ3n) is 7.29. The molecule has 0 aliphatic heterocycles. The summed E-state index contributed by atoms with van der Waals surface area (Å²) in [5.41, 5.74) is 4.92. The minimum absolute atomic E-state index is 0.0877. The highest BCUT2D eigenvalue weighted by molar-refractivity contribution is 7.16. The summed E-state index contributed by atoms with van der Waals surface area (Å²) in [6, 6.07) is 32.6. The van der Waals surface area contributed by atoms with Crippen LogP contribution in [0.25, 0.3) is 10.2 Å². The average molecular weight is 581 g/mol. The maximum atomic E-state index is 12.8. The Morgan fingerprint density at radius 1 is 0.881 bits per heavy atom. The largest absolute Gasteiger partial charge is 0.492 e. The Morgan fingerprint density at radius 2 is 1.60 bits per heavy atom. The van der Waals surface area contributed by atoms with Crippen LogP contribution in [0.2, 0.25) is 0 Å². The van der Waals surface area contributed by atoms with Crippen LogP contribution in [0.3, 0.4) is 0 Å². The Bertz CT molecular complexity index is 1710. The van der Waals surface area contributed by atoms with Crippen LogP contribution in [0, 0.1) is 5.92 Å². The van der Waals surface area contributed by atoms with Crippen molar-refractivity contribution in [1.29, 1.82) is 0 Å². The Hall–Kier alpha value is -4.69. The molecule has 0 radical (unpaired) electrons. The lowest BCUT2D eigenvalue weighted by Crippen LogP contribution is -2.18. The minimum atomic E-state index is -0.774. The maximum Gasteiger partial charge on any atom is 0.308 e. The normalized spacial score (nSPS) is 12.3. The van der Waals surface area contributed by atoms with Gasteiger partial charge in [-0.2, -0.15) is 0 Å². The number of aromatic nitrogens is 1. The van der Waals surface area contributed by atoms with Gasteiger partial charge in [-0.3, -0.25) is 14.2 Å². The molecule has 0 fully saturated rings. The van der Waals surface area contributed by atoms with E-state index in [1.165, 1.54) is 5.56 Å². The number of oxime groups is 1. The number of aliphatic carboxylic acids is 1. The van der Waals surface area contributed by atoms with Crippen LogP contribution in [0.1, 0.15) is 35.1 Å². The molecule has 42 heavy (non-hydrogen) atoms. The quantitative estimate of drug-likeness (QED) is 0.0924. The lowest BCUT2D eigenvalue weighted by Gasteiger charge is -2.13. The molecule has 7 nitrogen and oxygen atoms in total. The number of ether oxygens (including phenoxy) is 1. The van der Waals surface area contributed by atoms with Crippen molar-refractivity contribution in [2.24, 2.45) is 11.1 Å². The molecular weight excluding hydrogens is 548 g/mol. The van der Waals surface area contributed by atoms with E-state index in [0.29, 0.717) is 37.5 Å². The first-order chi connectivity index (χ1) is 20.5. The molecule has 0 aliphatic carbocycles. The predicted molar refractivity (Wildman–Crippen MR) is 166 cm³/mol. The topological polar surface area (TPSA) is 101 Å². The molecule has 0 aliphatic rings. The molecule has 5 aromatic rings. The molecule has 0 saturated carbocycles. The summed E-state index contributed by atoms with van der Waals surface area (Å²) < 4.78 is 8.40. The van der Waals surface area contributed by atoms with Gasteiger partial charge < -0.3 is 15.1 Å². The molecule has 0 spiro atoms. The van der Waals surface area contributed by atoms with Crippen molar-refractivity contribution in [1.82, 2.24) is 4.57 Å². The lowest BCUT2D eigenvalue weighted by atomic mass is 9.93. The molecule has 4 aromatic carbocycles. The number of hydrogen-bond acceptors (Lipinski definition) is 6. The fourth-order valence-electron chi connectivity index (χ4n) is 5.07. The van der Waals surface area contributed by atoms with Gasteiger partial charge in [0, 0.05) is 11.1 Å². The lowest BCUT2D eigenvalue weighted by molar-refractivity contribution is -0.142. The third kappa shape index (κ3) is 7.14. The van der Waals surface area contributed by atoms with E-state index in [9.17, 15) is 19.9 Å². The molecule has 8 heteroatoms. The van der Waals surface area contributed by atoms with E-state index in [-0.39, 0.29) is 4.87 Å². The van der Waals surface area contributed by atoms with Gasteiger partial charge in [-0.1, -0.05) is 95.4 Å². The second kappa shape index (κ2) is 13.8. The summed E-state index contributed by atoms with van der Waals surface area (Å²) >= 11 is 1.14. The van der Waals surface area contributed by atoms with Crippen molar-refractivity contribution < 1.29 is 19.8 Å². The molecule has 0 bridgehead atoms. The van der Waals surface area contributed by atoms with Gasteiger partial charge in [0.2, 0.25) is 0 Å². The zero-order chi connectivity index (χ0) is 29.3. The van der Waals surface area contributed by atoms with Crippen LogP contribution in [0.15, 0.2) is 113 Å². The zero-order valence-electron chi connectivity index (χ0n) is 23.1. The summed E-state index contributed by atoms with van der Waals surface area (Å²) in [7, 11) is 0. The molecule has 5 rings (SSSR count). The van der Waals surface area contributed by atoms with Crippen molar-refractivity contribution in [3.8, 4) is 5.75 Å². The van der Waals surface area contributed by atoms with Crippen LogP contribution in [-0.2, 0) is 24.2 Å². The van der Waals surface area contributed by atoms with E-state index in [1.807, 2.05) is 91.0 Å². The van der Waals surface area contributed by atoms with Crippen molar-refractivity contribution in [3.05, 3.63) is 135 Å². The fourth-order valence-corrected chi connectivity index (χ4v) is 6.03. The average Bonchev–Trinajstić information content (AvgIpc) is 3.33. The number of benzene rings is 4. The zero-order valence-corrected chi connectivity index (χ0v) is 23.9. The Balaban J connectivity index is 1.16. The van der Waals surface area contributed by atoms with E-state index >= 15 is 0 Å². The second-order valence-corrected chi connectivity index (χ2v) is 11.1. The van der Waals surface area contributed by atoms with Gasteiger partial charge in [-0.05, 0) is 61.1 Å². The number of carboxylic acid groups (broad SMARTS) is 1. The van der Waals surface area contributed by atoms with Crippen LogP contribution >= 0.6 is 11.3 Å². The van der Waals surface area contributed by atoms with E-state index in [2.05, 4.69) is 17.3 Å². The third-order valence-corrected chi connectivity index (χ3v) is 8.23. The molecular formula is C34H32N2O5S. The van der Waals surface area contributed by atoms with E-state index in [1.54, 1.807) is 4.57 Å². The van der Waals surface area contributed by atoms with Gasteiger partial charge in [0.15, 0.2) is 0 Å². The van der Waals surface area contributed by atoms with Gasteiger partial charge in [0.05, 0.1) is 22.7 Å². The van der Waals surface area contributed by atoms with Gasteiger partial charge in [0.25, 0.3) is 0 Å². The number of nitrogens with zero attached hydrogens (tertiary/aromatic N) is 2. The van der Waals surface area contributed by atoms with Crippen LogP contribution in [0.4, 0.5) is 0 Å². The van der Waals surface area contributed by atoms with Crippen LogP contribution in [-0.4, -0.2) is 33.2 Å². The van der Waals surface area contributed by atoms with E-state index in [4.69, 9.17) is 4.74 Å². The van der Waals surface area contributed by atoms with Gasteiger partial charge in [-0.25, -0.2) is 0 Å². The van der Waals surface area contributed by atoms with E-state index in [0.717, 1.165) is 51.1 Å². The Kier molecular flexibility index (Phi) is 9.46. The van der Waals surface area contributed by atoms with Crippen molar-refractivity contribution in [2.75, 3.05) is 6.61 Å². The summed E-state index contributed by atoms with van der Waals surface area (Å²) in [6.45, 7) is 0.680. The molecule has 0 amide bonds. The number of fused-ring (bicyclic) bond motifs is 1. The summed E-state index contributed by atoms with van der Waals surface area (Å²) in [6.07, 6.45) is 2.78. The van der Waals surface area contributed by atoms with E-state index < -0.39 is 11.9 Å². The highest BCUT2D eigenvalue weighted by atomic mass is 32.1. The Labute approximate surface area is 248 Å². The first-order valence-corrected chi connectivity index (χ1v) is 14.7. The highest BCUT2D eigenvalue weighted by Crippen LogP contribution is 2.23. The number of carboxylic acids is 1. The van der Waals surface area contributed by atoms with Gasteiger partial charge >= 0.3 is 10.8 Å². The molecule has 1 unspecified atom stereocenters. The Morgan fingerprint density at radius 3 is 2.29 bits per heavy atom. The summed E-state index contributed by atoms with van der Waals surface area (Å²) in [5, 5.41) is 22.8. The first-order valence-electron chi connectivity index (χ1n) is 13.9. The smallest absolute Gasteiger partial charge is 0.308 e. The van der Waals surface area contributed by atoms with Crippen LogP contribution in [0.5, 0.6) is 5.75 Å². The molecule has 1 aromatic heterocycles. The monoisotopic (exact) mass is 580 g/mol. The summed E-state index contributed by atoms with van der Waals surface area (Å²) in [4.78, 5) is 24.5. The van der Waals surface area contributed by atoms with Crippen molar-refractivity contribution in [2.45, 2.75) is 32.2 Å². The van der Waals surface area contributed by atoms with Gasteiger partial charge in [0.1, 0.15) is 18.1 Å². The molecule has 0 saturated heterocycles. The fraction of sp³-hybridized carbons (Fsp3) is 0.206. The predicted octanol–water partition coefficient (Wildman–Crippen LogP) is 6.63. The molecule has 1 atom stereocenters. The van der Waals surface area contributed by atoms with Crippen LogP contribution < -0.4 is 9.61 Å². The molecule has 1 heterocycles. The highest BCUT2D eigenvalue weighted by Gasteiger charge is 2.18. The second-order valence-electron chi connectivity index (χ2n) is 10.1. The first kappa shape index (κ1) is 28.8. The number of aryl methyl sites for hydroxylation is 1. The van der Waals surface area contributed by atoms with Crippen molar-refractivity contribution in [3.63, 3.8) is 0 Å². The minimum Gasteiger partial charge on any atom is -0.492 e. The number of rotatable bonds is 13. The summed E-state index contributed by atoms with van der Waals surface area (Å²) in [5.74, 6) is -0.549.